The maximum atomic E-state index is 10.6. The summed E-state index contributed by atoms with van der Waals surface area (Å²) in [4.78, 5) is 0. The van der Waals surface area contributed by atoms with Gasteiger partial charge in [0.1, 0.15) is 48.8 Å². The molecule has 16 heteroatoms. The number of aliphatic hydroxyl groups excluding tert-OH is 8. The van der Waals surface area contributed by atoms with Gasteiger partial charge in [-0.25, -0.2) is 0 Å². The summed E-state index contributed by atoms with van der Waals surface area (Å²) in [6.07, 6.45) is -14.7. The van der Waals surface area contributed by atoms with Crippen molar-refractivity contribution >= 4 is 0 Å². The predicted octanol–water partition coefficient (Wildman–Crippen LogP) is -2.23. The monoisotopic (exact) mass is 686 g/mol. The Morgan fingerprint density at radius 3 is 1.29 bits per heavy atom. The summed E-state index contributed by atoms with van der Waals surface area (Å²) in [6.45, 7) is -1.63. The minimum absolute atomic E-state index is 0.0888. The van der Waals surface area contributed by atoms with Crippen LogP contribution in [0.1, 0.15) is 11.1 Å². The molecular weight excluding hydrogens is 640 g/mol. The average molecular weight is 687 g/mol. The van der Waals surface area contributed by atoms with E-state index in [9.17, 15) is 51.1 Å². The van der Waals surface area contributed by atoms with E-state index in [1.807, 2.05) is 0 Å². The number of hydrogen-bond acceptors (Lipinski definition) is 16. The Morgan fingerprint density at radius 2 is 0.958 bits per heavy atom. The number of aromatic hydroxyl groups is 2. The third kappa shape index (κ3) is 8.84. The Hall–Kier alpha value is -2.84. The van der Waals surface area contributed by atoms with Gasteiger partial charge in [0.25, 0.3) is 0 Å². The Kier molecular flexibility index (Phi) is 13.6. The SMILES string of the molecule is COc1cc(CC(CO[C@@H]2O[C@H](CO)[C@@H](O)[C@H](O)[C@H]2O)C(CO[C@@H]2O[C@H](CO)[C@@H](O)[C@H](O)[C@H]2O)Cc2ccc(O)c(OC)c2)ccc1O. The number of phenolic OH excluding ortho intramolecular Hbond substituents is 2. The first-order valence-corrected chi connectivity index (χ1v) is 15.5. The lowest BCUT2D eigenvalue weighted by Crippen LogP contribution is -2.59. The molecule has 0 aliphatic carbocycles. The van der Waals surface area contributed by atoms with Gasteiger partial charge in [-0.2, -0.15) is 0 Å². The van der Waals surface area contributed by atoms with Crippen molar-refractivity contribution in [3.05, 3.63) is 47.5 Å². The lowest BCUT2D eigenvalue weighted by Gasteiger charge is -2.41. The van der Waals surface area contributed by atoms with E-state index in [0.717, 1.165) is 0 Å². The van der Waals surface area contributed by atoms with Crippen LogP contribution in [-0.4, -0.2) is 153 Å². The molecule has 10 N–H and O–H groups in total. The molecule has 0 bridgehead atoms. The normalized spacial score (nSPS) is 32.0. The summed E-state index contributed by atoms with van der Waals surface area (Å²) in [6, 6.07) is 9.47. The Bertz CT molecular complexity index is 1200. The highest BCUT2D eigenvalue weighted by Crippen LogP contribution is 2.34. The molecule has 2 heterocycles. The number of aliphatic hydroxyl groups is 8. The van der Waals surface area contributed by atoms with Crippen LogP contribution >= 0.6 is 0 Å². The first-order valence-electron chi connectivity index (χ1n) is 15.5. The zero-order valence-corrected chi connectivity index (χ0v) is 26.6. The van der Waals surface area contributed by atoms with Gasteiger partial charge in [0.05, 0.1) is 40.6 Å². The molecule has 16 nitrogen and oxygen atoms in total. The molecule has 270 valence electrons. The number of ether oxygens (including phenoxy) is 6. The lowest BCUT2D eigenvalue weighted by atomic mass is 9.83. The molecule has 2 unspecified atom stereocenters. The van der Waals surface area contributed by atoms with Crippen LogP contribution in [0.15, 0.2) is 36.4 Å². The Morgan fingerprint density at radius 1 is 0.583 bits per heavy atom. The molecule has 4 rings (SSSR count). The number of hydrogen-bond donors (Lipinski definition) is 10. The van der Waals surface area contributed by atoms with Crippen LogP contribution in [0.2, 0.25) is 0 Å². The highest BCUT2D eigenvalue weighted by molar-refractivity contribution is 5.43. The van der Waals surface area contributed by atoms with E-state index in [2.05, 4.69) is 0 Å². The summed E-state index contributed by atoms with van der Waals surface area (Å²) in [5.74, 6) is -0.854. The van der Waals surface area contributed by atoms with E-state index < -0.39 is 86.5 Å². The van der Waals surface area contributed by atoms with Gasteiger partial charge in [0, 0.05) is 0 Å². The first kappa shape index (κ1) is 38.0. The van der Waals surface area contributed by atoms with Crippen molar-refractivity contribution in [1.29, 1.82) is 0 Å². The third-order valence-electron chi connectivity index (χ3n) is 8.80. The van der Waals surface area contributed by atoms with Crippen molar-refractivity contribution in [3.63, 3.8) is 0 Å². The molecule has 2 aliphatic heterocycles. The second-order valence-corrected chi connectivity index (χ2v) is 12.0. The Labute approximate surface area is 276 Å². The van der Waals surface area contributed by atoms with Gasteiger partial charge in [-0.15, -0.1) is 0 Å². The van der Waals surface area contributed by atoms with Gasteiger partial charge in [-0.1, -0.05) is 12.1 Å². The van der Waals surface area contributed by atoms with Crippen LogP contribution in [0.4, 0.5) is 0 Å². The van der Waals surface area contributed by atoms with Crippen LogP contribution in [0.5, 0.6) is 23.0 Å². The zero-order valence-electron chi connectivity index (χ0n) is 26.6. The molecule has 0 saturated carbocycles. The highest BCUT2D eigenvalue weighted by Gasteiger charge is 2.46. The van der Waals surface area contributed by atoms with Crippen LogP contribution in [0.25, 0.3) is 0 Å². The van der Waals surface area contributed by atoms with Gasteiger partial charge in [0.2, 0.25) is 0 Å². The van der Waals surface area contributed by atoms with Gasteiger partial charge >= 0.3 is 0 Å². The average Bonchev–Trinajstić information content (AvgIpc) is 3.09. The summed E-state index contributed by atoms with van der Waals surface area (Å²) < 4.78 is 33.6. The second kappa shape index (κ2) is 17.2. The molecule has 2 aliphatic rings. The zero-order chi connectivity index (χ0) is 35.1. The van der Waals surface area contributed by atoms with Gasteiger partial charge in [-0.3, -0.25) is 0 Å². The molecule has 0 amide bonds. The molecule has 2 aromatic rings. The molecule has 48 heavy (non-hydrogen) atoms. The molecular formula is C32H46O16. The number of benzene rings is 2. The second-order valence-electron chi connectivity index (χ2n) is 12.0. The minimum Gasteiger partial charge on any atom is -0.504 e. The smallest absolute Gasteiger partial charge is 0.186 e. The van der Waals surface area contributed by atoms with Gasteiger partial charge in [-0.05, 0) is 60.1 Å². The topological polar surface area (TPSA) is 258 Å². The summed E-state index contributed by atoms with van der Waals surface area (Å²) in [7, 11) is 2.79. The molecule has 2 aromatic carbocycles. The number of rotatable bonds is 15. The third-order valence-corrected chi connectivity index (χ3v) is 8.80. The van der Waals surface area contributed by atoms with Crippen LogP contribution in [-0.2, 0) is 31.8 Å². The largest absolute Gasteiger partial charge is 0.504 e. The minimum atomic E-state index is -1.67. The molecule has 2 fully saturated rings. The van der Waals surface area contributed by atoms with Gasteiger partial charge in [0.15, 0.2) is 35.6 Å². The van der Waals surface area contributed by atoms with E-state index in [-0.39, 0.29) is 49.1 Å². The van der Waals surface area contributed by atoms with E-state index in [4.69, 9.17) is 28.4 Å². The molecule has 12 atom stereocenters. The van der Waals surface area contributed by atoms with Crippen molar-refractivity contribution in [3.8, 4) is 23.0 Å². The number of methoxy groups -OCH3 is 2. The quantitative estimate of drug-likeness (QED) is 0.0951. The molecule has 0 aromatic heterocycles. The van der Waals surface area contributed by atoms with Crippen molar-refractivity contribution < 1.29 is 79.5 Å². The highest BCUT2D eigenvalue weighted by atomic mass is 16.7. The predicted molar refractivity (Wildman–Crippen MR) is 163 cm³/mol. The number of phenols is 2. The van der Waals surface area contributed by atoms with Crippen LogP contribution in [0, 0.1) is 11.8 Å². The van der Waals surface area contributed by atoms with Gasteiger partial charge < -0.3 is 79.5 Å². The van der Waals surface area contributed by atoms with Crippen LogP contribution in [0.3, 0.4) is 0 Å². The van der Waals surface area contributed by atoms with Crippen LogP contribution < -0.4 is 9.47 Å². The Balaban J connectivity index is 1.66. The van der Waals surface area contributed by atoms with Crippen molar-refractivity contribution in [2.75, 3.05) is 40.6 Å². The fourth-order valence-corrected chi connectivity index (χ4v) is 5.87. The van der Waals surface area contributed by atoms with Crippen molar-refractivity contribution in [2.24, 2.45) is 11.8 Å². The maximum Gasteiger partial charge on any atom is 0.186 e. The molecule has 0 radical (unpaired) electrons. The fraction of sp³-hybridized carbons (Fsp3) is 0.625. The first-order chi connectivity index (χ1) is 22.9. The van der Waals surface area contributed by atoms with E-state index in [1.54, 1.807) is 24.3 Å². The van der Waals surface area contributed by atoms with E-state index in [0.29, 0.717) is 11.1 Å². The molecule has 2 saturated heterocycles. The maximum absolute atomic E-state index is 10.6. The van der Waals surface area contributed by atoms with Crippen molar-refractivity contribution in [2.45, 2.75) is 74.3 Å². The fourth-order valence-electron chi connectivity index (χ4n) is 5.87. The van der Waals surface area contributed by atoms with E-state index >= 15 is 0 Å². The lowest BCUT2D eigenvalue weighted by molar-refractivity contribution is -0.308. The summed E-state index contributed by atoms with van der Waals surface area (Å²) in [5.41, 5.74) is 1.38. The van der Waals surface area contributed by atoms with E-state index in [1.165, 1.54) is 26.4 Å². The molecule has 0 spiro atoms. The standard InChI is InChI=1S/C32H46O16/c1-43-21-9-15(3-5-19(21)35)7-17(13-45-31-29(41)27(39)25(37)23(11-33)47-31)18(8-16-4-6-20(36)22(10-16)44-2)14-46-32-30(42)28(40)26(38)24(12-34)48-32/h3-6,9-10,17-18,23-42H,7-8,11-14H2,1-2H3/t17?,18?,23-,24-,25-,26-,27+,28+,29-,30-,31-,32-/m1/s1. The summed E-state index contributed by atoms with van der Waals surface area (Å²) in [5, 5.41) is 102. The summed E-state index contributed by atoms with van der Waals surface area (Å²) >= 11 is 0. The van der Waals surface area contributed by atoms with Crippen molar-refractivity contribution in [1.82, 2.24) is 0 Å².